The molecule has 0 aliphatic carbocycles. The molecule has 3 aliphatic heterocycles. The second kappa shape index (κ2) is 28.5. The molecule has 3 fully saturated rings. The van der Waals surface area contributed by atoms with Gasteiger partial charge in [-0.3, -0.25) is 9.48 Å². The van der Waals surface area contributed by atoms with E-state index in [1.54, 1.807) is 31.6 Å². The summed E-state index contributed by atoms with van der Waals surface area (Å²) in [4.78, 5) is 54.0. The van der Waals surface area contributed by atoms with Gasteiger partial charge in [-0.1, -0.05) is 43.0 Å². The molecule has 2 aromatic heterocycles. The lowest BCUT2D eigenvalue weighted by Gasteiger charge is -2.38. The molecule has 7 atom stereocenters. The van der Waals surface area contributed by atoms with Crippen LogP contribution < -0.4 is 10.6 Å². The number of amides is 2. The van der Waals surface area contributed by atoms with Gasteiger partial charge in [-0.15, -0.1) is 5.10 Å². The Morgan fingerprint density at radius 1 is 0.836 bits per heavy atom. The predicted molar refractivity (Wildman–Crippen MR) is 248 cm³/mol. The number of aromatic nitrogens is 4. The Morgan fingerprint density at radius 3 is 2.36 bits per heavy atom. The molecule has 0 aromatic carbocycles. The molecule has 2 N–H and O–H groups in total. The molecule has 67 heavy (non-hydrogen) atoms. The number of allylic oxidation sites excluding steroid dienone is 1. The van der Waals surface area contributed by atoms with Gasteiger partial charge in [0.15, 0.2) is 0 Å². The number of hydrogen-bond donors (Lipinski definition) is 2. The van der Waals surface area contributed by atoms with Gasteiger partial charge in [-0.25, -0.2) is 19.4 Å². The van der Waals surface area contributed by atoms with E-state index in [1.165, 1.54) is 13.2 Å². The maximum Gasteiger partial charge on any atom is 0.407 e. The van der Waals surface area contributed by atoms with Gasteiger partial charge in [0.2, 0.25) is 5.89 Å². The molecule has 2 aromatic rings. The van der Waals surface area contributed by atoms with Crippen LogP contribution in [0, 0.1) is 0 Å². The van der Waals surface area contributed by atoms with Crippen molar-refractivity contribution in [1.82, 2.24) is 30.6 Å². The summed E-state index contributed by atoms with van der Waals surface area (Å²) < 4.78 is 48.4. The molecule has 3 saturated heterocycles. The van der Waals surface area contributed by atoms with Crippen LogP contribution in [0.3, 0.4) is 0 Å². The number of carbonyl (C=O) groups is 4. The topological polar surface area (TPSA) is 214 Å². The lowest BCUT2D eigenvalue weighted by molar-refractivity contribution is -0.171. The molecule has 5 rings (SSSR count). The summed E-state index contributed by atoms with van der Waals surface area (Å²) in [6, 6.07) is 0. The second-order valence-electron chi connectivity index (χ2n) is 18.9. The number of esters is 2. The highest BCUT2D eigenvalue weighted by molar-refractivity contribution is 5.82. The maximum absolute atomic E-state index is 13.6. The number of oxazole rings is 1. The van der Waals surface area contributed by atoms with E-state index in [9.17, 15) is 19.2 Å². The number of aryl methyl sites for hydroxylation is 3. The molecule has 0 spiro atoms. The summed E-state index contributed by atoms with van der Waals surface area (Å²) in [6.45, 7) is 6.98. The lowest BCUT2D eigenvalue weighted by Crippen LogP contribution is -2.42. The number of nitrogens with one attached hydrogen (secondary N) is 2. The fourth-order valence-electron chi connectivity index (χ4n) is 8.78. The average Bonchev–Trinajstić information content (AvgIpc) is 3.94. The number of carbonyl (C=O) groups excluding carboxylic acids is 4. The van der Waals surface area contributed by atoms with Crippen LogP contribution in [0.15, 0.2) is 35.1 Å². The number of fused-ring (bicyclic) bond motifs is 4. The summed E-state index contributed by atoms with van der Waals surface area (Å²) in [7, 11) is 3.02. The molecule has 5 heterocycles. The Bertz CT molecular complexity index is 1860. The maximum atomic E-state index is 13.6. The third-order valence-corrected chi connectivity index (χ3v) is 12.0. The molecule has 0 radical (unpaired) electrons. The Kier molecular flexibility index (Phi) is 22.6. The summed E-state index contributed by atoms with van der Waals surface area (Å²) in [5.41, 5.74) is 1.19. The van der Waals surface area contributed by atoms with Crippen molar-refractivity contribution in [3.05, 3.63) is 48.0 Å². The Balaban J connectivity index is 1.03. The number of unbranched alkanes of at least 4 members (excludes halogenated alkanes) is 5. The van der Waals surface area contributed by atoms with E-state index in [1.807, 2.05) is 31.6 Å². The van der Waals surface area contributed by atoms with Crippen molar-refractivity contribution >= 4 is 30.2 Å². The van der Waals surface area contributed by atoms with E-state index < -0.39 is 36.0 Å². The van der Waals surface area contributed by atoms with E-state index >= 15 is 0 Å². The zero-order chi connectivity index (χ0) is 47.9. The number of rotatable bonds is 22. The van der Waals surface area contributed by atoms with Crippen molar-refractivity contribution in [3.8, 4) is 0 Å². The van der Waals surface area contributed by atoms with Crippen LogP contribution in [-0.2, 0) is 62.1 Å². The summed E-state index contributed by atoms with van der Waals surface area (Å²) >= 11 is 0. The lowest BCUT2D eigenvalue weighted by atomic mass is 9.91. The van der Waals surface area contributed by atoms with Crippen LogP contribution in [0.4, 0.5) is 9.59 Å². The van der Waals surface area contributed by atoms with Gasteiger partial charge in [0.1, 0.15) is 24.1 Å². The van der Waals surface area contributed by atoms with Crippen LogP contribution >= 0.6 is 0 Å². The molecule has 374 valence electrons. The molecule has 18 heteroatoms. The predicted octanol–water partition coefficient (Wildman–Crippen LogP) is 7.91. The number of methoxy groups -OCH3 is 2. The fraction of sp³-hybridized carbons (Fsp3) is 0.735. The van der Waals surface area contributed by atoms with Crippen LogP contribution in [-0.4, -0.2) is 120 Å². The Morgan fingerprint density at radius 2 is 1.57 bits per heavy atom. The van der Waals surface area contributed by atoms with Crippen molar-refractivity contribution < 1.29 is 56.8 Å². The van der Waals surface area contributed by atoms with Gasteiger partial charge in [0.25, 0.3) is 0 Å². The van der Waals surface area contributed by atoms with Crippen LogP contribution in [0.25, 0.3) is 6.08 Å². The second-order valence-corrected chi connectivity index (χ2v) is 18.9. The van der Waals surface area contributed by atoms with E-state index in [-0.39, 0.29) is 49.5 Å². The zero-order valence-corrected chi connectivity index (χ0v) is 40.5. The number of cyclic esters (lactones) is 1. The SMILES string of the molecule is COC(=O)NC/C=C\c1nc(CC/C=C\C(=O)O[C@@H]2CC3C[C@H](OC)CC4CCC[C@@H](C[C@H](CCCCCCCCc5cn(CCCNC(=O)OC(C)(C)C)nn5)OC(=O)C[C@H](C2)O3)O4)co1. The van der Waals surface area contributed by atoms with Gasteiger partial charge < -0.3 is 48.2 Å². The smallest absolute Gasteiger partial charge is 0.407 e. The average molecular weight is 941 g/mol. The molecule has 18 nitrogen and oxygen atoms in total. The van der Waals surface area contributed by atoms with Crippen molar-refractivity contribution in [2.24, 2.45) is 0 Å². The molecule has 2 amide bonds. The monoisotopic (exact) mass is 941 g/mol. The Labute approximate surface area is 395 Å². The Hall–Kier alpha value is -4.81. The first-order chi connectivity index (χ1) is 32.3. The van der Waals surface area contributed by atoms with E-state index in [4.69, 9.17) is 32.8 Å². The van der Waals surface area contributed by atoms with Crippen molar-refractivity contribution in [2.75, 3.05) is 27.3 Å². The minimum atomic E-state index is -0.522. The van der Waals surface area contributed by atoms with Gasteiger partial charge in [-0.2, -0.15) is 0 Å². The highest BCUT2D eigenvalue weighted by Crippen LogP contribution is 2.33. The number of hydrogen-bond acceptors (Lipinski definition) is 15. The van der Waals surface area contributed by atoms with Crippen molar-refractivity contribution in [3.63, 3.8) is 0 Å². The van der Waals surface area contributed by atoms with Gasteiger partial charge in [0, 0.05) is 58.3 Å². The minimum Gasteiger partial charge on any atom is -0.462 e. The molecular weight excluding hydrogens is 865 g/mol. The normalized spacial score (nSPS) is 23.9. The number of alkyl carbamates (subject to hydrolysis) is 2. The third-order valence-electron chi connectivity index (χ3n) is 12.0. The van der Waals surface area contributed by atoms with Gasteiger partial charge >= 0.3 is 24.1 Å². The van der Waals surface area contributed by atoms with E-state index in [0.29, 0.717) is 57.5 Å². The van der Waals surface area contributed by atoms with Crippen LogP contribution in [0.5, 0.6) is 0 Å². The van der Waals surface area contributed by atoms with Gasteiger partial charge in [0.05, 0.1) is 55.4 Å². The quantitative estimate of drug-likeness (QED) is 0.0497. The molecule has 3 aliphatic rings. The van der Waals surface area contributed by atoms with Crippen LogP contribution in [0.1, 0.15) is 154 Å². The largest absolute Gasteiger partial charge is 0.462 e. The molecule has 2 unspecified atom stereocenters. The summed E-state index contributed by atoms with van der Waals surface area (Å²) in [6.07, 6.45) is 23.6. The molecule has 0 saturated carbocycles. The standard InChI is InChI=1S/C49H76N6O12/c1-49(2,3)67-48(59)51-25-16-26-55-33-35(53-54-55)17-10-8-6-7-9-11-19-39-27-37-20-14-21-38(63-37)28-40(60-4)29-41-30-42(31-43(64-41)32-46(57)65-39)66-45(56)23-13-12-18-36-34-62-44(52-36)22-15-24-50-47(58)61-5/h13,15,22-23,33-34,37-43H,6-12,14,16-21,24-32H2,1-5H3,(H,50,58)(H,51,59)/b22-15-,23-13-/t37-,38?,39-,40+,41?,42+,43-/m0/s1. The van der Waals surface area contributed by atoms with Crippen molar-refractivity contribution in [1.29, 1.82) is 0 Å². The van der Waals surface area contributed by atoms with Crippen molar-refractivity contribution in [2.45, 2.75) is 204 Å². The molecule has 4 bridgehead atoms. The van der Waals surface area contributed by atoms with E-state index in [0.717, 1.165) is 94.9 Å². The summed E-state index contributed by atoms with van der Waals surface area (Å²) in [5, 5.41) is 13.9. The first-order valence-corrected chi connectivity index (χ1v) is 24.5. The minimum absolute atomic E-state index is 0.0372. The first kappa shape index (κ1) is 53.1. The fourth-order valence-corrected chi connectivity index (χ4v) is 8.78. The van der Waals surface area contributed by atoms with E-state index in [2.05, 4.69) is 30.7 Å². The number of nitrogens with zero attached hydrogens (tertiary/aromatic N) is 4. The molecular formula is C49H76N6O12. The number of ether oxygens (including phenoxy) is 7. The highest BCUT2D eigenvalue weighted by atomic mass is 16.6. The third kappa shape index (κ3) is 21.4. The van der Waals surface area contributed by atoms with Crippen LogP contribution in [0.2, 0.25) is 0 Å². The van der Waals surface area contributed by atoms with Gasteiger partial charge in [-0.05, 0) is 104 Å². The highest BCUT2D eigenvalue weighted by Gasteiger charge is 2.37. The first-order valence-electron chi connectivity index (χ1n) is 24.5. The zero-order valence-electron chi connectivity index (χ0n) is 40.5. The summed E-state index contributed by atoms with van der Waals surface area (Å²) in [5.74, 6) is -0.337.